The molecule has 0 aliphatic heterocycles. The van der Waals surface area contributed by atoms with Gasteiger partial charge in [-0.15, -0.1) is 0 Å². The van der Waals surface area contributed by atoms with Crippen molar-refractivity contribution in [1.29, 1.82) is 10.5 Å². The molecule has 0 aliphatic rings. The molecular weight excluding hydrogens is 170 g/mol. The van der Waals surface area contributed by atoms with Crippen molar-refractivity contribution in [2.45, 2.75) is 12.8 Å². The molecule has 0 aromatic heterocycles. The highest BCUT2D eigenvalue weighted by atomic mass is 16.4. The number of rotatable bonds is 6. The lowest BCUT2D eigenvalue weighted by Gasteiger charge is -2.19. The molecule has 0 rings (SSSR count). The number of nitriles is 2. The number of carboxylic acid groups (broad SMARTS) is 1. The monoisotopic (exact) mass is 180 g/mol. The van der Waals surface area contributed by atoms with Crippen molar-refractivity contribution in [2.24, 2.45) is 0 Å². The van der Waals surface area contributed by atoms with Crippen molar-refractivity contribution in [1.82, 2.24) is 4.90 Å². The van der Waals surface area contributed by atoms with Crippen LogP contribution >= 0.6 is 0 Å². The molecular formula is C8H10N3O2-. The Labute approximate surface area is 76.8 Å². The summed E-state index contributed by atoms with van der Waals surface area (Å²) in [4.78, 5) is 11.7. The van der Waals surface area contributed by atoms with Gasteiger partial charge in [-0.05, 0) is 0 Å². The van der Waals surface area contributed by atoms with Gasteiger partial charge in [0.05, 0.1) is 18.1 Å². The summed E-state index contributed by atoms with van der Waals surface area (Å²) in [5.74, 6) is -1.18. The van der Waals surface area contributed by atoms with Gasteiger partial charge in [0.25, 0.3) is 0 Å². The summed E-state index contributed by atoms with van der Waals surface area (Å²) in [6.07, 6.45) is 0.525. The molecule has 0 atom stereocenters. The molecule has 5 nitrogen and oxygen atoms in total. The van der Waals surface area contributed by atoms with Gasteiger partial charge in [-0.25, -0.2) is 0 Å². The number of nitrogens with zero attached hydrogens (tertiary/aromatic N) is 3. The zero-order valence-corrected chi connectivity index (χ0v) is 7.19. The highest BCUT2D eigenvalue weighted by molar-refractivity contribution is 5.66. The summed E-state index contributed by atoms with van der Waals surface area (Å²) in [6, 6.07) is 3.82. The lowest BCUT2D eigenvalue weighted by molar-refractivity contribution is -0.306. The summed E-state index contributed by atoms with van der Waals surface area (Å²) >= 11 is 0. The quantitative estimate of drug-likeness (QED) is 0.515. The van der Waals surface area contributed by atoms with Crippen molar-refractivity contribution in [3.8, 4) is 12.1 Å². The second kappa shape index (κ2) is 7.08. The first-order valence-corrected chi connectivity index (χ1v) is 3.86. The van der Waals surface area contributed by atoms with Crippen LogP contribution in [0.4, 0.5) is 0 Å². The van der Waals surface area contributed by atoms with Crippen LogP contribution in [0.3, 0.4) is 0 Å². The lowest BCUT2D eigenvalue weighted by Crippen LogP contribution is -2.38. The largest absolute Gasteiger partial charge is 0.549 e. The fraction of sp³-hybridized carbons (Fsp3) is 0.625. The van der Waals surface area contributed by atoms with Crippen LogP contribution in [0.15, 0.2) is 0 Å². The van der Waals surface area contributed by atoms with Crippen LogP contribution in [0.2, 0.25) is 0 Å². The smallest absolute Gasteiger partial charge is 0.0635 e. The second-order valence-corrected chi connectivity index (χ2v) is 2.46. The van der Waals surface area contributed by atoms with Gasteiger partial charge in [0.15, 0.2) is 0 Å². The van der Waals surface area contributed by atoms with E-state index in [1.54, 1.807) is 0 Å². The Balaban J connectivity index is 3.82. The minimum Gasteiger partial charge on any atom is -0.549 e. The SMILES string of the molecule is N#CCCN(CCC#N)CC(=O)[O-]. The normalized spacial score (nSPS) is 9.15. The maximum atomic E-state index is 10.2. The fourth-order valence-corrected chi connectivity index (χ4v) is 0.869. The first-order valence-electron chi connectivity index (χ1n) is 3.86. The molecule has 0 heterocycles. The Bertz CT molecular complexity index is 221. The number of carbonyl (C=O) groups excluding carboxylic acids is 1. The fourth-order valence-electron chi connectivity index (χ4n) is 0.869. The van der Waals surface area contributed by atoms with E-state index < -0.39 is 5.97 Å². The molecule has 0 aliphatic carbocycles. The molecule has 5 heteroatoms. The second-order valence-electron chi connectivity index (χ2n) is 2.46. The van der Waals surface area contributed by atoms with Gasteiger partial charge in [0, 0.05) is 32.5 Å². The van der Waals surface area contributed by atoms with Crippen LogP contribution in [0.25, 0.3) is 0 Å². The van der Waals surface area contributed by atoms with Gasteiger partial charge < -0.3 is 9.90 Å². The average Bonchev–Trinajstić information content (AvgIpc) is 2.09. The van der Waals surface area contributed by atoms with E-state index in [2.05, 4.69) is 0 Å². The minimum absolute atomic E-state index is 0.219. The molecule has 0 bridgehead atoms. The van der Waals surface area contributed by atoms with Crippen LogP contribution < -0.4 is 5.11 Å². The zero-order chi connectivity index (χ0) is 10.1. The van der Waals surface area contributed by atoms with Gasteiger partial charge in [-0.1, -0.05) is 0 Å². The van der Waals surface area contributed by atoms with Crippen molar-refractivity contribution >= 4 is 5.97 Å². The van der Waals surface area contributed by atoms with E-state index in [9.17, 15) is 9.90 Å². The van der Waals surface area contributed by atoms with E-state index in [-0.39, 0.29) is 19.4 Å². The Morgan fingerprint density at radius 1 is 1.23 bits per heavy atom. The van der Waals surface area contributed by atoms with Crippen LogP contribution in [0.1, 0.15) is 12.8 Å². The standard InChI is InChI=1S/C8H11N3O2/c9-3-1-5-11(6-2-4-10)7-8(12)13/h1-2,5-7H2,(H,12,13)/p-1. The predicted molar refractivity (Wildman–Crippen MR) is 41.9 cm³/mol. The molecule has 0 fully saturated rings. The van der Waals surface area contributed by atoms with Crippen molar-refractivity contribution in [2.75, 3.05) is 19.6 Å². The Kier molecular flexibility index (Phi) is 6.21. The third kappa shape index (κ3) is 6.79. The lowest BCUT2D eigenvalue weighted by atomic mass is 10.3. The zero-order valence-electron chi connectivity index (χ0n) is 7.19. The number of carboxylic acids is 1. The van der Waals surface area contributed by atoms with Crippen LogP contribution in [-0.2, 0) is 4.79 Å². The van der Waals surface area contributed by atoms with E-state index >= 15 is 0 Å². The summed E-state index contributed by atoms with van der Waals surface area (Å²) in [5.41, 5.74) is 0. The van der Waals surface area contributed by atoms with Gasteiger partial charge in [-0.3, -0.25) is 4.90 Å². The molecule has 0 saturated carbocycles. The Hall–Kier alpha value is -1.59. The van der Waals surface area contributed by atoms with Crippen molar-refractivity contribution < 1.29 is 9.90 Å². The summed E-state index contributed by atoms with van der Waals surface area (Å²) in [7, 11) is 0. The van der Waals surface area contributed by atoms with Crippen LogP contribution in [-0.4, -0.2) is 30.5 Å². The van der Waals surface area contributed by atoms with Crippen molar-refractivity contribution in [3.63, 3.8) is 0 Å². The third-order valence-corrected chi connectivity index (χ3v) is 1.43. The van der Waals surface area contributed by atoms with E-state index in [0.29, 0.717) is 13.1 Å². The van der Waals surface area contributed by atoms with Gasteiger partial charge in [0.1, 0.15) is 0 Å². The molecule has 13 heavy (non-hydrogen) atoms. The number of carbonyl (C=O) groups is 1. The molecule has 0 aromatic rings. The number of hydrogen-bond acceptors (Lipinski definition) is 5. The molecule has 0 N–H and O–H groups in total. The van der Waals surface area contributed by atoms with E-state index in [4.69, 9.17) is 10.5 Å². The Morgan fingerprint density at radius 2 is 1.69 bits per heavy atom. The number of aliphatic carboxylic acids is 1. The highest BCUT2D eigenvalue weighted by Gasteiger charge is 2.03. The molecule has 70 valence electrons. The van der Waals surface area contributed by atoms with Crippen LogP contribution in [0.5, 0.6) is 0 Å². The van der Waals surface area contributed by atoms with E-state index in [0.717, 1.165) is 0 Å². The third-order valence-electron chi connectivity index (χ3n) is 1.43. The van der Waals surface area contributed by atoms with E-state index in [1.165, 1.54) is 4.90 Å². The minimum atomic E-state index is -1.18. The maximum Gasteiger partial charge on any atom is 0.0635 e. The molecule has 0 spiro atoms. The first kappa shape index (κ1) is 11.4. The predicted octanol–water partition coefficient (Wildman–Crippen LogP) is -1.13. The molecule has 0 saturated heterocycles. The summed E-state index contributed by atoms with van der Waals surface area (Å²) in [6.45, 7) is 0.516. The van der Waals surface area contributed by atoms with Gasteiger partial charge >= 0.3 is 0 Å². The molecule has 0 radical (unpaired) electrons. The summed E-state index contributed by atoms with van der Waals surface area (Å²) < 4.78 is 0. The molecule has 0 amide bonds. The van der Waals surface area contributed by atoms with E-state index in [1.807, 2.05) is 12.1 Å². The number of hydrogen-bond donors (Lipinski definition) is 0. The van der Waals surface area contributed by atoms with Gasteiger partial charge in [-0.2, -0.15) is 10.5 Å². The van der Waals surface area contributed by atoms with Crippen LogP contribution in [0, 0.1) is 22.7 Å². The molecule has 0 unspecified atom stereocenters. The van der Waals surface area contributed by atoms with Crippen molar-refractivity contribution in [3.05, 3.63) is 0 Å². The van der Waals surface area contributed by atoms with Gasteiger partial charge in [0.2, 0.25) is 0 Å². The Morgan fingerprint density at radius 3 is 2.00 bits per heavy atom. The summed E-state index contributed by atoms with van der Waals surface area (Å²) in [5, 5.41) is 26.8. The molecule has 0 aromatic carbocycles. The first-order chi connectivity index (χ1) is 6.20. The maximum absolute atomic E-state index is 10.2. The highest BCUT2D eigenvalue weighted by Crippen LogP contribution is 1.92. The topological polar surface area (TPSA) is 91.0 Å². The average molecular weight is 180 g/mol.